The maximum atomic E-state index is 12.8. The van der Waals surface area contributed by atoms with E-state index in [2.05, 4.69) is 34.7 Å². The van der Waals surface area contributed by atoms with Crippen molar-refractivity contribution in [2.75, 3.05) is 26.2 Å². The lowest BCUT2D eigenvalue weighted by atomic mass is 10.1. The van der Waals surface area contributed by atoms with E-state index >= 15 is 0 Å². The number of amides is 1. The number of carbonyl (C=O) groups excluding carboxylic acids is 1. The third-order valence-corrected chi connectivity index (χ3v) is 5.73. The van der Waals surface area contributed by atoms with Gasteiger partial charge in [0, 0.05) is 11.4 Å². The number of nitrogens with one attached hydrogen (secondary N) is 1. The van der Waals surface area contributed by atoms with Crippen molar-refractivity contribution >= 4 is 17.2 Å². The van der Waals surface area contributed by atoms with E-state index in [1.807, 2.05) is 24.3 Å². The van der Waals surface area contributed by atoms with E-state index in [0.29, 0.717) is 24.5 Å². The number of piperidine rings is 1. The molecule has 1 saturated heterocycles. The minimum Gasteiger partial charge on any atom is -0.493 e. The second-order valence-corrected chi connectivity index (χ2v) is 7.66. The number of hydrogen-bond acceptors (Lipinski definition) is 4. The van der Waals surface area contributed by atoms with Crippen LogP contribution >= 0.6 is 11.3 Å². The number of benzene rings is 1. The third kappa shape index (κ3) is 4.86. The summed E-state index contributed by atoms with van der Waals surface area (Å²) in [6.07, 6.45) is 4.71. The van der Waals surface area contributed by atoms with Gasteiger partial charge in [-0.1, -0.05) is 31.5 Å². The van der Waals surface area contributed by atoms with Crippen LogP contribution in [0.25, 0.3) is 0 Å². The van der Waals surface area contributed by atoms with Crippen LogP contribution in [-0.4, -0.2) is 37.0 Å². The van der Waals surface area contributed by atoms with Crippen LogP contribution in [0.15, 0.2) is 41.8 Å². The molecular weight excluding hydrogens is 344 g/mol. The lowest BCUT2D eigenvalue weighted by molar-refractivity contribution is 0.0921. The largest absolute Gasteiger partial charge is 0.493 e. The summed E-state index contributed by atoms with van der Waals surface area (Å²) in [5.41, 5.74) is 0.615. The molecule has 0 spiro atoms. The Kier molecular flexibility index (Phi) is 7.09. The lowest BCUT2D eigenvalue weighted by Crippen LogP contribution is -2.40. The van der Waals surface area contributed by atoms with Gasteiger partial charge < -0.3 is 10.1 Å². The van der Waals surface area contributed by atoms with Gasteiger partial charge in [0.1, 0.15) is 5.75 Å². The van der Waals surface area contributed by atoms with Crippen molar-refractivity contribution < 1.29 is 9.53 Å². The van der Waals surface area contributed by atoms with E-state index in [9.17, 15) is 4.79 Å². The Labute approximate surface area is 160 Å². The summed E-state index contributed by atoms with van der Waals surface area (Å²) >= 11 is 1.77. The first kappa shape index (κ1) is 18.9. The Morgan fingerprint density at radius 3 is 2.73 bits per heavy atom. The van der Waals surface area contributed by atoms with Gasteiger partial charge in [0.15, 0.2) is 0 Å². The Hall–Kier alpha value is -1.85. The smallest absolute Gasteiger partial charge is 0.255 e. The number of likely N-dealkylation sites (tertiary alicyclic amines) is 1. The van der Waals surface area contributed by atoms with Crippen LogP contribution in [0.2, 0.25) is 0 Å². The van der Waals surface area contributed by atoms with Gasteiger partial charge in [0.05, 0.1) is 18.2 Å². The molecule has 1 amide bonds. The summed E-state index contributed by atoms with van der Waals surface area (Å²) in [6.45, 7) is 5.52. The molecule has 1 aliphatic rings. The summed E-state index contributed by atoms with van der Waals surface area (Å²) in [4.78, 5) is 16.6. The molecule has 5 heteroatoms. The number of carbonyl (C=O) groups is 1. The Morgan fingerprint density at radius 2 is 2.00 bits per heavy atom. The van der Waals surface area contributed by atoms with E-state index in [1.54, 1.807) is 11.3 Å². The van der Waals surface area contributed by atoms with Gasteiger partial charge in [-0.05, 0) is 55.9 Å². The van der Waals surface area contributed by atoms with Crippen molar-refractivity contribution in [3.05, 3.63) is 52.2 Å². The molecule has 0 bridgehead atoms. The summed E-state index contributed by atoms with van der Waals surface area (Å²) in [7, 11) is 0. The zero-order valence-corrected chi connectivity index (χ0v) is 16.3. The zero-order valence-electron chi connectivity index (χ0n) is 15.4. The van der Waals surface area contributed by atoms with E-state index in [0.717, 1.165) is 19.5 Å². The summed E-state index contributed by atoms with van der Waals surface area (Å²) in [5.74, 6) is 0.604. The maximum absolute atomic E-state index is 12.8. The second-order valence-electron chi connectivity index (χ2n) is 6.68. The standard InChI is InChI=1S/C21H28N2O2S/c1-2-14-25-19-10-5-4-9-17(19)21(24)22-16-18(20-11-8-15-26-20)23-12-6-3-7-13-23/h4-5,8-11,15,18H,2-3,6-7,12-14,16H2,1H3,(H,22,24)/t18-/m0/s1. The van der Waals surface area contributed by atoms with Crippen molar-refractivity contribution in [2.45, 2.75) is 38.6 Å². The fraction of sp³-hybridized carbons (Fsp3) is 0.476. The van der Waals surface area contributed by atoms with E-state index in [-0.39, 0.29) is 11.9 Å². The van der Waals surface area contributed by atoms with Crippen molar-refractivity contribution in [3.63, 3.8) is 0 Å². The molecule has 0 unspecified atom stereocenters. The van der Waals surface area contributed by atoms with Crippen LogP contribution in [0.5, 0.6) is 5.75 Å². The molecule has 0 radical (unpaired) electrons. The number of thiophene rings is 1. The first-order valence-electron chi connectivity index (χ1n) is 9.57. The molecule has 26 heavy (non-hydrogen) atoms. The first-order chi connectivity index (χ1) is 12.8. The topological polar surface area (TPSA) is 41.6 Å². The molecule has 0 aliphatic carbocycles. The van der Waals surface area contributed by atoms with Crippen LogP contribution < -0.4 is 10.1 Å². The van der Waals surface area contributed by atoms with Gasteiger partial charge in [0.2, 0.25) is 0 Å². The van der Waals surface area contributed by atoms with Gasteiger partial charge in [-0.2, -0.15) is 0 Å². The molecule has 1 aromatic heterocycles. The number of nitrogens with zero attached hydrogens (tertiary/aromatic N) is 1. The Bertz CT molecular complexity index is 681. The number of hydrogen-bond donors (Lipinski definition) is 1. The third-order valence-electron chi connectivity index (χ3n) is 4.75. The van der Waals surface area contributed by atoms with Crippen LogP contribution in [-0.2, 0) is 0 Å². The molecule has 1 atom stereocenters. The predicted octanol–water partition coefficient (Wildman–Crippen LogP) is 4.49. The molecule has 2 heterocycles. The van der Waals surface area contributed by atoms with E-state index < -0.39 is 0 Å². The van der Waals surface area contributed by atoms with Crippen LogP contribution in [0.4, 0.5) is 0 Å². The summed E-state index contributed by atoms with van der Waals surface area (Å²) in [5, 5.41) is 5.26. The van der Waals surface area contributed by atoms with Gasteiger partial charge >= 0.3 is 0 Å². The quantitative estimate of drug-likeness (QED) is 0.742. The van der Waals surface area contributed by atoms with Crippen molar-refractivity contribution in [2.24, 2.45) is 0 Å². The minimum atomic E-state index is -0.0599. The average Bonchev–Trinajstić information content (AvgIpc) is 3.22. The van der Waals surface area contributed by atoms with Gasteiger partial charge in [0.25, 0.3) is 5.91 Å². The van der Waals surface area contributed by atoms with Crippen LogP contribution in [0, 0.1) is 0 Å². The number of ether oxygens (including phenoxy) is 1. The van der Waals surface area contributed by atoms with E-state index in [4.69, 9.17) is 4.74 Å². The Balaban J connectivity index is 1.68. The molecular formula is C21H28N2O2S. The maximum Gasteiger partial charge on any atom is 0.255 e. The highest BCUT2D eigenvalue weighted by Crippen LogP contribution is 2.28. The molecule has 1 N–H and O–H groups in total. The normalized spacial score (nSPS) is 16.2. The van der Waals surface area contributed by atoms with Crippen LogP contribution in [0.3, 0.4) is 0 Å². The average molecular weight is 373 g/mol. The SMILES string of the molecule is CCCOc1ccccc1C(=O)NC[C@@H](c1cccs1)N1CCCCC1. The summed E-state index contributed by atoms with van der Waals surface area (Å²) < 4.78 is 5.73. The Morgan fingerprint density at radius 1 is 1.19 bits per heavy atom. The zero-order chi connectivity index (χ0) is 18.2. The molecule has 1 aromatic carbocycles. The highest BCUT2D eigenvalue weighted by Gasteiger charge is 2.24. The highest BCUT2D eigenvalue weighted by atomic mass is 32.1. The first-order valence-corrected chi connectivity index (χ1v) is 10.4. The molecule has 1 aliphatic heterocycles. The molecule has 2 aromatic rings. The number of para-hydroxylation sites is 1. The fourth-order valence-electron chi connectivity index (χ4n) is 3.40. The second kappa shape index (κ2) is 9.74. The predicted molar refractivity (Wildman–Crippen MR) is 107 cm³/mol. The minimum absolute atomic E-state index is 0.0599. The highest BCUT2D eigenvalue weighted by molar-refractivity contribution is 7.10. The number of rotatable bonds is 8. The van der Waals surface area contributed by atoms with Gasteiger partial charge in [-0.25, -0.2) is 0 Å². The van der Waals surface area contributed by atoms with E-state index in [1.165, 1.54) is 24.1 Å². The van der Waals surface area contributed by atoms with Gasteiger partial charge in [-0.3, -0.25) is 9.69 Å². The van der Waals surface area contributed by atoms with Crippen molar-refractivity contribution in [3.8, 4) is 5.75 Å². The van der Waals surface area contributed by atoms with Crippen molar-refractivity contribution in [1.82, 2.24) is 10.2 Å². The molecule has 4 nitrogen and oxygen atoms in total. The summed E-state index contributed by atoms with van der Waals surface area (Å²) in [6, 6.07) is 12.0. The van der Waals surface area contributed by atoms with Gasteiger partial charge in [-0.15, -0.1) is 11.3 Å². The molecule has 1 fully saturated rings. The molecule has 3 rings (SSSR count). The fourth-order valence-corrected chi connectivity index (χ4v) is 4.26. The molecule has 0 saturated carbocycles. The van der Waals surface area contributed by atoms with Crippen LogP contribution in [0.1, 0.15) is 53.9 Å². The monoisotopic (exact) mass is 372 g/mol. The lowest BCUT2D eigenvalue weighted by Gasteiger charge is -2.34. The van der Waals surface area contributed by atoms with Crippen molar-refractivity contribution in [1.29, 1.82) is 0 Å². The molecule has 140 valence electrons.